The molecule has 1 aliphatic rings. The van der Waals surface area contributed by atoms with Gasteiger partial charge in [-0.2, -0.15) is 4.31 Å². The van der Waals surface area contributed by atoms with Gasteiger partial charge in [0.2, 0.25) is 15.9 Å². The number of carbonyl (C=O) groups is 2. The molecule has 0 bridgehead atoms. The van der Waals surface area contributed by atoms with Crippen LogP contribution in [0.25, 0.3) is 10.9 Å². The normalized spacial score (nSPS) is 16.1. The van der Waals surface area contributed by atoms with Crippen LogP contribution in [-0.4, -0.2) is 42.1 Å². The van der Waals surface area contributed by atoms with E-state index in [0.717, 1.165) is 38.1 Å². The maximum atomic E-state index is 14.5. The number of anilines is 1. The number of para-hydroxylation sites is 1. The minimum atomic E-state index is -4.15. The van der Waals surface area contributed by atoms with Crippen molar-refractivity contribution in [2.45, 2.75) is 71.2 Å². The Morgan fingerprint density at radius 1 is 0.951 bits per heavy atom. The third-order valence-electron chi connectivity index (χ3n) is 8.43. The van der Waals surface area contributed by atoms with Crippen molar-refractivity contribution in [2.24, 2.45) is 0 Å². The number of nitrogens with zero attached hydrogens (tertiary/aromatic N) is 2. The molecule has 5 rings (SSSR count). The van der Waals surface area contributed by atoms with Crippen LogP contribution in [0, 0.1) is 27.7 Å². The van der Waals surface area contributed by atoms with Crippen molar-refractivity contribution in [2.75, 3.05) is 11.4 Å². The molecule has 1 aromatic heterocycles. The minimum absolute atomic E-state index is 0.0554. The molecule has 1 N–H and O–H groups in total. The number of imide groups is 1. The molecule has 2 amide bonds. The van der Waals surface area contributed by atoms with E-state index in [1.165, 1.54) is 4.31 Å². The number of rotatable bonds is 8. The van der Waals surface area contributed by atoms with E-state index in [-0.39, 0.29) is 17.9 Å². The Bertz CT molecular complexity index is 1730. The Balaban J connectivity index is 1.57. The zero-order chi connectivity index (χ0) is 29.6. The third kappa shape index (κ3) is 5.11. The number of fused-ring (bicyclic) bond motifs is 1. The van der Waals surface area contributed by atoms with Gasteiger partial charge in [-0.1, -0.05) is 50.2 Å². The molecule has 4 aromatic rings. The van der Waals surface area contributed by atoms with E-state index in [2.05, 4.69) is 18.8 Å². The van der Waals surface area contributed by atoms with Crippen LogP contribution in [0.2, 0.25) is 0 Å². The molecule has 1 saturated heterocycles. The number of sulfonamides is 1. The molecule has 41 heavy (non-hydrogen) atoms. The van der Waals surface area contributed by atoms with Gasteiger partial charge in [-0.15, -0.1) is 0 Å². The van der Waals surface area contributed by atoms with Gasteiger partial charge in [0.15, 0.2) is 0 Å². The molecular formula is C33H37N3O4S. The van der Waals surface area contributed by atoms with Gasteiger partial charge in [-0.25, -0.2) is 13.3 Å². The lowest BCUT2D eigenvalue weighted by Crippen LogP contribution is -2.46. The average Bonchev–Trinajstić information content (AvgIpc) is 3.47. The molecule has 1 fully saturated rings. The van der Waals surface area contributed by atoms with Crippen molar-refractivity contribution in [3.05, 3.63) is 94.2 Å². The highest BCUT2D eigenvalue weighted by atomic mass is 32.2. The zero-order valence-electron chi connectivity index (χ0n) is 24.5. The number of aryl methyl sites for hydroxylation is 2. The second kappa shape index (κ2) is 10.9. The van der Waals surface area contributed by atoms with Crippen molar-refractivity contribution in [3.63, 3.8) is 0 Å². The first-order valence-electron chi connectivity index (χ1n) is 14.0. The highest BCUT2D eigenvalue weighted by molar-refractivity contribution is 7.89. The van der Waals surface area contributed by atoms with Crippen molar-refractivity contribution in [1.29, 1.82) is 0 Å². The molecule has 0 radical (unpaired) electrons. The van der Waals surface area contributed by atoms with E-state index in [0.29, 0.717) is 29.2 Å². The molecule has 8 heteroatoms. The quantitative estimate of drug-likeness (QED) is 0.259. The Hall–Kier alpha value is -3.75. The Labute approximate surface area is 242 Å². The van der Waals surface area contributed by atoms with E-state index in [1.54, 1.807) is 26.0 Å². The molecule has 0 spiro atoms. The standard InChI is InChI=1S/C33H37N3O4S/c1-20(2)25-11-13-27(14-12-25)36-31(37)18-30(33(36)38)35(16-15-26-19-34-29-10-8-7-9-28(26)29)41(39,40)32-23(5)21(3)17-22(4)24(32)6/h7-14,17,19-20,30,34H,15-16,18H2,1-6H3. The smallest absolute Gasteiger partial charge is 0.252 e. The van der Waals surface area contributed by atoms with Crippen LogP contribution in [0.15, 0.2) is 65.7 Å². The summed E-state index contributed by atoms with van der Waals surface area (Å²) in [5, 5.41) is 1.00. The molecule has 1 atom stereocenters. The fraction of sp³-hybridized carbons (Fsp3) is 0.333. The number of amides is 2. The van der Waals surface area contributed by atoms with Crippen LogP contribution in [-0.2, 0) is 26.0 Å². The first kappa shape index (κ1) is 28.8. The highest BCUT2D eigenvalue weighted by Crippen LogP contribution is 2.34. The summed E-state index contributed by atoms with van der Waals surface area (Å²) in [5.74, 6) is -0.621. The van der Waals surface area contributed by atoms with E-state index in [4.69, 9.17) is 0 Å². The highest BCUT2D eigenvalue weighted by Gasteiger charge is 2.47. The fourth-order valence-electron chi connectivity index (χ4n) is 5.82. The van der Waals surface area contributed by atoms with Crippen LogP contribution >= 0.6 is 0 Å². The SMILES string of the molecule is Cc1cc(C)c(C)c(S(=O)(=O)N(CCc2c[nH]c3ccccc23)C2CC(=O)N(c3ccc(C(C)C)cc3)C2=O)c1C. The summed E-state index contributed by atoms with van der Waals surface area (Å²) in [5.41, 5.74) is 6.50. The first-order chi connectivity index (χ1) is 19.4. The predicted octanol–water partition coefficient (Wildman–Crippen LogP) is 6.09. The summed E-state index contributed by atoms with van der Waals surface area (Å²) >= 11 is 0. The number of carbonyl (C=O) groups excluding carboxylic acids is 2. The van der Waals surface area contributed by atoms with E-state index in [9.17, 15) is 18.0 Å². The van der Waals surface area contributed by atoms with Crippen LogP contribution in [0.3, 0.4) is 0 Å². The molecule has 3 aromatic carbocycles. The van der Waals surface area contributed by atoms with Crippen LogP contribution in [0.1, 0.15) is 59.6 Å². The Morgan fingerprint density at radius 2 is 1.59 bits per heavy atom. The maximum absolute atomic E-state index is 14.5. The number of hydrogen-bond donors (Lipinski definition) is 1. The Morgan fingerprint density at radius 3 is 2.22 bits per heavy atom. The van der Waals surface area contributed by atoms with Crippen LogP contribution in [0.5, 0.6) is 0 Å². The van der Waals surface area contributed by atoms with E-state index >= 15 is 0 Å². The second-order valence-corrected chi connectivity index (χ2v) is 13.2. The second-order valence-electron chi connectivity index (χ2n) is 11.3. The summed E-state index contributed by atoms with van der Waals surface area (Å²) in [6.07, 6.45) is 2.06. The minimum Gasteiger partial charge on any atom is -0.361 e. The van der Waals surface area contributed by atoms with Gasteiger partial charge in [0.25, 0.3) is 5.91 Å². The zero-order valence-corrected chi connectivity index (χ0v) is 25.3. The van der Waals surface area contributed by atoms with E-state index in [1.807, 2.05) is 62.5 Å². The molecule has 1 unspecified atom stereocenters. The molecule has 0 aliphatic carbocycles. The summed E-state index contributed by atoms with van der Waals surface area (Å²) in [6, 6.07) is 16.0. The van der Waals surface area contributed by atoms with Crippen molar-refractivity contribution in [3.8, 4) is 0 Å². The molecule has 1 aliphatic heterocycles. The predicted molar refractivity (Wildman–Crippen MR) is 163 cm³/mol. The van der Waals surface area contributed by atoms with Gasteiger partial charge in [0.05, 0.1) is 17.0 Å². The number of benzene rings is 3. The Kier molecular flexibility index (Phi) is 7.66. The van der Waals surface area contributed by atoms with Gasteiger partial charge >= 0.3 is 0 Å². The van der Waals surface area contributed by atoms with E-state index < -0.39 is 27.9 Å². The lowest BCUT2D eigenvalue weighted by molar-refractivity contribution is -0.122. The number of H-pyrrole nitrogens is 1. The van der Waals surface area contributed by atoms with Crippen LogP contribution < -0.4 is 4.90 Å². The number of hydrogen-bond acceptors (Lipinski definition) is 4. The molecule has 214 valence electrons. The van der Waals surface area contributed by atoms with Gasteiger partial charge in [0, 0.05) is 23.6 Å². The summed E-state index contributed by atoms with van der Waals surface area (Å²) in [7, 11) is -4.15. The van der Waals surface area contributed by atoms with Gasteiger partial charge in [-0.05, 0) is 91.6 Å². The van der Waals surface area contributed by atoms with Crippen molar-refractivity contribution in [1.82, 2.24) is 9.29 Å². The molecule has 0 saturated carbocycles. The van der Waals surface area contributed by atoms with Crippen LogP contribution in [0.4, 0.5) is 5.69 Å². The number of aromatic nitrogens is 1. The molecule has 2 heterocycles. The topological polar surface area (TPSA) is 90.6 Å². The third-order valence-corrected chi connectivity index (χ3v) is 10.6. The van der Waals surface area contributed by atoms with Gasteiger partial charge < -0.3 is 4.98 Å². The lowest BCUT2D eigenvalue weighted by Gasteiger charge is -2.29. The maximum Gasteiger partial charge on any atom is 0.252 e. The molecular weight excluding hydrogens is 534 g/mol. The molecule has 7 nitrogen and oxygen atoms in total. The van der Waals surface area contributed by atoms with Gasteiger partial charge in [0.1, 0.15) is 6.04 Å². The lowest BCUT2D eigenvalue weighted by atomic mass is 10.0. The largest absolute Gasteiger partial charge is 0.361 e. The number of aromatic amines is 1. The summed E-state index contributed by atoms with van der Waals surface area (Å²) in [6.45, 7) is 11.6. The monoisotopic (exact) mass is 571 g/mol. The first-order valence-corrected chi connectivity index (χ1v) is 15.5. The van der Waals surface area contributed by atoms with Crippen molar-refractivity contribution < 1.29 is 18.0 Å². The number of nitrogens with one attached hydrogen (secondary N) is 1. The summed E-state index contributed by atoms with van der Waals surface area (Å²) in [4.78, 5) is 31.8. The summed E-state index contributed by atoms with van der Waals surface area (Å²) < 4.78 is 30.3. The fourth-order valence-corrected chi connectivity index (χ4v) is 7.98. The van der Waals surface area contributed by atoms with Crippen molar-refractivity contribution >= 4 is 38.4 Å². The average molecular weight is 572 g/mol. The van der Waals surface area contributed by atoms with Gasteiger partial charge in [-0.3, -0.25) is 9.59 Å².